The van der Waals surface area contributed by atoms with Crippen LogP contribution < -0.4 is 10.6 Å². The highest BCUT2D eigenvalue weighted by atomic mass is 32.2. The van der Waals surface area contributed by atoms with Crippen molar-refractivity contribution in [2.75, 3.05) is 37.9 Å². The number of sulfone groups is 1. The van der Waals surface area contributed by atoms with E-state index >= 15 is 0 Å². The zero-order valence-electron chi connectivity index (χ0n) is 14.8. The van der Waals surface area contributed by atoms with Crippen LogP contribution in [-0.2, 0) is 16.3 Å². The zero-order valence-corrected chi connectivity index (χ0v) is 16.5. The number of hydrogen-bond acceptors (Lipinski definition) is 4. The number of nitrogens with one attached hydrogen (secondary N) is 2. The monoisotopic (exact) mass is 371 g/mol. The number of guanidine groups is 1. The van der Waals surface area contributed by atoms with E-state index in [1.807, 2.05) is 23.9 Å². The molecule has 2 N–H and O–H groups in total. The molecule has 1 aromatic rings. The van der Waals surface area contributed by atoms with Gasteiger partial charge in [0.05, 0.1) is 4.90 Å². The minimum Gasteiger partial charge on any atom is -0.357 e. The van der Waals surface area contributed by atoms with Gasteiger partial charge in [-0.3, -0.25) is 4.99 Å². The van der Waals surface area contributed by atoms with Gasteiger partial charge in [0.25, 0.3) is 0 Å². The third kappa shape index (κ3) is 8.59. The quantitative estimate of drug-likeness (QED) is 0.375. The molecule has 0 aliphatic carbocycles. The van der Waals surface area contributed by atoms with Gasteiger partial charge in [0.2, 0.25) is 0 Å². The second-order valence-corrected chi connectivity index (χ2v) is 8.55. The Hall–Kier alpha value is -1.21. The summed E-state index contributed by atoms with van der Waals surface area (Å²) in [4.78, 5) is 4.93. The number of rotatable bonds is 10. The van der Waals surface area contributed by atoms with Crippen LogP contribution >= 0.6 is 11.8 Å². The lowest BCUT2D eigenvalue weighted by Crippen LogP contribution is -2.38. The van der Waals surface area contributed by atoms with Crippen LogP contribution in [-0.4, -0.2) is 52.3 Å². The first-order chi connectivity index (χ1) is 11.5. The van der Waals surface area contributed by atoms with Crippen molar-refractivity contribution in [3.05, 3.63) is 29.8 Å². The molecule has 0 fully saturated rings. The maximum atomic E-state index is 11.4. The van der Waals surface area contributed by atoms with E-state index in [1.54, 1.807) is 12.1 Å². The van der Waals surface area contributed by atoms with Crippen molar-refractivity contribution in [1.82, 2.24) is 10.6 Å². The van der Waals surface area contributed by atoms with E-state index in [2.05, 4.69) is 28.8 Å². The highest BCUT2D eigenvalue weighted by Gasteiger charge is 2.06. The molecule has 0 aliphatic rings. The van der Waals surface area contributed by atoms with E-state index < -0.39 is 9.84 Å². The molecule has 0 saturated carbocycles. The Morgan fingerprint density at radius 2 is 1.88 bits per heavy atom. The van der Waals surface area contributed by atoms with Crippen LogP contribution in [0.3, 0.4) is 0 Å². The summed E-state index contributed by atoms with van der Waals surface area (Å²) in [7, 11) is -3.12. The molecular formula is C17H29N3O2S2. The molecule has 1 aromatic carbocycles. The molecule has 0 atom stereocenters. The van der Waals surface area contributed by atoms with Crippen LogP contribution in [0.1, 0.15) is 25.3 Å². The van der Waals surface area contributed by atoms with Gasteiger partial charge >= 0.3 is 0 Å². The first kappa shape index (κ1) is 20.8. The summed E-state index contributed by atoms with van der Waals surface area (Å²) in [6, 6.07) is 7.06. The molecule has 0 aromatic heterocycles. The fraction of sp³-hybridized carbons (Fsp3) is 0.588. The molecule has 5 nitrogen and oxygen atoms in total. The Morgan fingerprint density at radius 1 is 1.17 bits per heavy atom. The first-order valence-corrected chi connectivity index (χ1v) is 11.6. The van der Waals surface area contributed by atoms with E-state index in [9.17, 15) is 8.42 Å². The van der Waals surface area contributed by atoms with Gasteiger partial charge in [-0.15, -0.1) is 0 Å². The van der Waals surface area contributed by atoms with E-state index in [0.29, 0.717) is 4.90 Å². The Bertz CT molecular complexity index is 599. The van der Waals surface area contributed by atoms with Crippen molar-refractivity contribution in [2.45, 2.75) is 31.1 Å². The summed E-state index contributed by atoms with van der Waals surface area (Å²) >= 11 is 1.87. The van der Waals surface area contributed by atoms with Gasteiger partial charge in [-0.05, 0) is 55.9 Å². The molecule has 0 unspecified atom stereocenters. The summed E-state index contributed by atoms with van der Waals surface area (Å²) < 4.78 is 22.9. The van der Waals surface area contributed by atoms with E-state index in [1.165, 1.54) is 18.4 Å². The summed E-state index contributed by atoms with van der Waals surface area (Å²) in [5, 5.41) is 6.56. The molecule has 136 valence electrons. The second kappa shape index (κ2) is 11.4. The van der Waals surface area contributed by atoms with Gasteiger partial charge in [-0.1, -0.05) is 12.1 Å². The van der Waals surface area contributed by atoms with Crippen molar-refractivity contribution < 1.29 is 8.42 Å². The van der Waals surface area contributed by atoms with E-state index in [0.717, 1.165) is 44.0 Å². The lowest BCUT2D eigenvalue weighted by atomic mass is 10.1. The molecule has 7 heteroatoms. The van der Waals surface area contributed by atoms with Crippen molar-refractivity contribution in [2.24, 2.45) is 4.99 Å². The third-order valence-electron chi connectivity index (χ3n) is 3.43. The van der Waals surface area contributed by atoms with Gasteiger partial charge in [0.15, 0.2) is 15.8 Å². The fourth-order valence-corrected chi connectivity index (χ4v) is 3.24. The SMILES string of the molecule is CCNC(=NCCCCSC)NCCc1ccc(S(C)(=O)=O)cc1. The molecule has 0 bridgehead atoms. The Labute approximate surface area is 150 Å². The van der Waals surface area contributed by atoms with Gasteiger partial charge in [-0.2, -0.15) is 11.8 Å². The molecule has 1 rings (SSSR count). The number of thioether (sulfide) groups is 1. The standard InChI is InChI=1S/C17H29N3O2S2/c1-4-18-17(19-12-5-6-14-23-2)20-13-11-15-7-9-16(10-8-15)24(3,21)22/h7-10H,4-6,11-14H2,1-3H3,(H2,18,19,20). The third-order valence-corrected chi connectivity index (χ3v) is 5.25. The van der Waals surface area contributed by atoms with Gasteiger partial charge in [-0.25, -0.2) is 8.42 Å². The predicted molar refractivity (Wildman–Crippen MR) is 105 cm³/mol. The lowest BCUT2D eigenvalue weighted by molar-refractivity contribution is 0.602. The fourth-order valence-electron chi connectivity index (χ4n) is 2.12. The number of unbranched alkanes of at least 4 members (excludes halogenated alkanes) is 1. The molecule has 24 heavy (non-hydrogen) atoms. The Balaban J connectivity index is 2.42. The zero-order chi connectivity index (χ0) is 17.8. The highest BCUT2D eigenvalue weighted by Crippen LogP contribution is 2.10. The predicted octanol–water partition coefficient (Wildman–Crippen LogP) is 2.33. The first-order valence-electron chi connectivity index (χ1n) is 8.27. The number of hydrogen-bond donors (Lipinski definition) is 2. The van der Waals surface area contributed by atoms with Crippen molar-refractivity contribution in [3.8, 4) is 0 Å². The number of benzene rings is 1. The summed E-state index contributed by atoms with van der Waals surface area (Å²) in [5.74, 6) is 2.03. The van der Waals surface area contributed by atoms with Crippen molar-refractivity contribution in [3.63, 3.8) is 0 Å². The summed E-state index contributed by atoms with van der Waals surface area (Å²) in [6.45, 7) is 4.47. The van der Waals surface area contributed by atoms with Gasteiger partial charge < -0.3 is 10.6 Å². The molecule has 0 radical (unpaired) electrons. The van der Waals surface area contributed by atoms with Crippen LogP contribution in [0, 0.1) is 0 Å². The lowest BCUT2D eigenvalue weighted by Gasteiger charge is -2.11. The van der Waals surface area contributed by atoms with Crippen LogP contribution in [0.2, 0.25) is 0 Å². The normalized spacial score (nSPS) is 12.2. The van der Waals surface area contributed by atoms with Crippen LogP contribution in [0.25, 0.3) is 0 Å². The maximum Gasteiger partial charge on any atom is 0.191 e. The number of aliphatic imine (C=N–C) groups is 1. The molecule has 0 spiro atoms. The second-order valence-electron chi connectivity index (χ2n) is 5.55. The van der Waals surface area contributed by atoms with Crippen LogP contribution in [0.5, 0.6) is 0 Å². The summed E-state index contributed by atoms with van der Waals surface area (Å²) in [6.07, 6.45) is 6.46. The van der Waals surface area contributed by atoms with Gasteiger partial charge in [0, 0.05) is 25.9 Å². The van der Waals surface area contributed by atoms with Crippen LogP contribution in [0.4, 0.5) is 0 Å². The Morgan fingerprint density at radius 3 is 2.46 bits per heavy atom. The van der Waals surface area contributed by atoms with Crippen molar-refractivity contribution >= 4 is 27.6 Å². The van der Waals surface area contributed by atoms with E-state index in [-0.39, 0.29) is 0 Å². The van der Waals surface area contributed by atoms with Crippen molar-refractivity contribution in [1.29, 1.82) is 0 Å². The molecule has 0 heterocycles. The Kier molecular flexibility index (Phi) is 9.86. The average Bonchev–Trinajstić information content (AvgIpc) is 2.54. The smallest absolute Gasteiger partial charge is 0.191 e. The highest BCUT2D eigenvalue weighted by molar-refractivity contribution is 7.98. The topological polar surface area (TPSA) is 70.6 Å². The molecule has 0 aliphatic heterocycles. The van der Waals surface area contributed by atoms with E-state index in [4.69, 9.17) is 0 Å². The number of nitrogens with zero attached hydrogens (tertiary/aromatic N) is 1. The molecule has 0 amide bonds. The minimum absolute atomic E-state index is 0.361. The van der Waals surface area contributed by atoms with Gasteiger partial charge in [0.1, 0.15) is 0 Å². The van der Waals surface area contributed by atoms with Crippen LogP contribution in [0.15, 0.2) is 34.2 Å². The average molecular weight is 372 g/mol. The summed E-state index contributed by atoms with van der Waals surface area (Å²) in [5.41, 5.74) is 1.10. The molecule has 0 saturated heterocycles. The molecular weight excluding hydrogens is 342 g/mol. The minimum atomic E-state index is -3.12. The largest absolute Gasteiger partial charge is 0.357 e. The maximum absolute atomic E-state index is 11.4.